The van der Waals surface area contributed by atoms with Crippen LogP contribution < -0.4 is 0 Å². The Balaban J connectivity index is 2.53. The molecule has 5 heteroatoms. The number of rotatable bonds is 2. The topological polar surface area (TPSA) is 12.9 Å². The second-order valence-corrected chi connectivity index (χ2v) is 4.83. The highest BCUT2D eigenvalue weighted by atomic mass is 35.5. The van der Waals surface area contributed by atoms with E-state index >= 15 is 0 Å². The summed E-state index contributed by atoms with van der Waals surface area (Å²) in [5.74, 6) is -0.893. The van der Waals surface area contributed by atoms with E-state index in [2.05, 4.69) is 4.98 Å². The minimum Gasteiger partial charge on any atom is -0.240 e. The minimum absolute atomic E-state index is 0.300. The van der Waals surface area contributed by atoms with Crippen LogP contribution in [0, 0.1) is 18.6 Å². The van der Waals surface area contributed by atoms with E-state index in [1.54, 1.807) is 0 Å². The lowest BCUT2D eigenvalue weighted by Crippen LogP contribution is -1.88. The quantitative estimate of drug-likeness (QED) is 0.739. The van der Waals surface area contributed by atoms with Crippen LogP contribution in [0.5, 0.6) is 0 Å². The second-order valence-electron chi connectivity index (χ2n) is 3.27. The van der Waals surface area contributed by atoms with Gasteiger partial charge in [0.05, 0.1) is 11.6 Å². The van der Waals surface area contributed by atoms with E-state index < -0.39 is 11.6 Å². The van der Waals surface area contributed by atoms with Crippen LogP contribution in [0.2, 0.25) is 0 Å². The Morgan fingerprint density at radius 2 is 2.12 bits per heavy atom. The Kier molecular flexibility index (Phi) is 3.21. The number of hydrogen-bond donors (Lipinski definition) is 0. The fourth-order valence-electron chi connectivity index (χ4n) is 1.44. The van der Waals surface area contributed by atoms with Crippen molar-refractivity contribution in [2.24, 2.45) is 0 Å². The van der Waals surface area contributed by atoms with Crippen molar-refractivity contribution in [3.63, 3.8) is 0 Å². The zero-order valence-corrected chi connectivity index (χ0v) is 10.0. The molecule has 0 saturated heterocycles. The summed E-state index contributed by atoms with van der Waals surface area (Å²) < 4.78 is 26.3. The fraction of sp³-hybridized carbons (Fsp3) is 0.182. The molecule has 1 heterocycles. The SMILES string of the molecule is Cc1sc(CCl)nc1-c1ccc(F)cc1F. The van der Waals surface area contributed by atoms with Gasteiger partial charge in [-0.1, -0.05) is 0 Å². The van der Waals surface area contributed by atoms with Gasteiger partial charge in [0.25, 0.3) is 0 Å². The number of halogens is 3. The van der Waals surface area contributed by atoms with Crippen LogP contribution in [-0.2, 0) is 5.88 Å². The van der Waals surface area contributed by atoms with Gasteiger partial charge in [-0.3, -0.25) is 0 Å². The van der Waals surface area contributed by atoms with E-state index in [4.69, 9.17) is 11.6 Å². The molecule has 0 unspecified atom stereocenters. The van der Waals surface area contributed by atoms with Gasteiger partial charge in [-0.2, -0.15) is 0 Å². The number of benzene rings is 1. The summed E-state index contributed by atoms with van der Waals surface area (Å²) in [6.45, 7) is 1.84. The zero-order chi connectivity index (χ0) is 11.7. The monoisotopic (exact) mass is 259 g/mol. The molecule has 1 nitrogen and oxygen atoms in total. The highest BCUT2D eigenvalue weighted by Crippen LogP contribution is 2.30. The molecule has 1 aromatic carbocycles. The maximum atomic E-state index is 13.5. The second kappa shape index (κ2) is 4.47. The lowest BCUT2D eigenvalue weighted by Gasteiger charge is -2.00. The lowest BCUT2D eigenvalue weighted by atomic mass is 10.1. The zero-order valence-electron chi connectivity index (χ0n) is 8.43. The average Bonchev–Trinajstić information content (AvgIpc) is 2.60. The first-order chi connectivity index (χ1) is 7.61. The normalized spacial score (nSPS) is 10.8. The molecular formula is C11H8ClF2NS. The Labute approximate surface area is 101 Å². The van der Waals surface area contributed by atoms with Gasteiger partial charge in [0, 0.05) is 16.5 Å². The molecule has 1 aromatic heterocycles. The van der Waals surface area contributed by atoms with Crippen LogP contribution in [0.3, 0.4) is 0 Å². The van der Waals surface area contributed by atoms with Gasteiger partial charge >= 0.3 is 0 Å². The molecule has 0 saturated carbocycles. The predicted octanol–water partition coefficient (Wildman–Crippen LogP) is 4.14. The Morgan fingerprint density at radius 1 is 1.38 bits per heavy atom. The summed E-state index contributed by atoms with van der Waals surface area (Å²) in [6.07, 6.45) is 0. The fourth-order valence-corrected chi connectivity index (χ4v) is 2.46. The molecule has 0 amide bonds. The molecule has 0 aliphatic rings. The van der Waals surface area contributed by atoms with E-state index in [0.29, 0.717) is 17.1 Å². The minimum atomic E-state index is -0.602. The van der Waals surface area contributed by atoms with Crippen LogP contribution >= 0.6 is 22.9 Å². The van der Waals surface area contributed by atoms with Gasteiger partial charge < -0.3 is 0 Å². The van der Waals surface area contributed by atoms with Gasteiger partial charge in [0.15, 0.2) is 0 Å². The lowest BCUT2D eigenvalue weighted by molar-refractivity contribution is 0.585. The number of alkyl halides is 1. The number of aryl methyl sites for hydroxylation is 1. The van der Waals surface area contributed by atoms with Crippen LogP contribution in [0.25, 0.3) is 11.3 Å². The van der Waals surface area contributed by atoms with Crippen molar-refractivity contribution in [2.75, 3.05) is 0 Å². The molecule has 0 aliphatic heterocycles. The molecule has 0 radical (unpaired) electrons. The largest absolute Gasteiger partial charge is 0.240 e. The van der Waals surface area contributed by atoms with Crippen molar-refractivity contribution in [3.8, 4) is 11.3 Å². The smallest absolute Gasteiger partial charge is 0.135 e. The van der Waals surface area contributed by atoms with Crippen LogP contribution in [-0.4, -0.2) is 4.98 Å². The van der Waals surface area contributed by atoms with E-state index in [0.717, 1.165) is 16.0 Å². The Hall–Kier alpha value is -1.00. The van der Waals surface area contributed by atoms with Crippen LogP contribution in [0.4, 0.5) is 8.78 Å². The third-order valence-electron chi connectivity index (χ3n) is 2.14. The molecule has 0 atom stereocenters. The first-order valence-corrected chi connectivity index (χ1v) is 5.94. The molecule has 0 fully saturated rings. The third-order valence-corrected chi connectivity index (χ3v) is 3.52. The third kappa shape index (κ3) is 2.08. The summed E-state index contributed by atoms with van der Waals surface area (Å²) in [5, 5.41) is 0.734. The summed E-state index contributed by atoms with van der Waals surface area (Å²) in [6, 6.07) is 3.47. The van der Waals surface area contributed by atoms with Crippen molar-refractivity contribution in [3.05, 3.63) is 39.7 Å². The Morgan fingerprint density at radius 3 is 2.69 bits per heavy atom. The molecule has 0 aliphatic carbocycles. The van der Waals surface area contributed by atoms with Crippen molar-refractivity contribution in [1.82, 2.24) is 4.98 Å². The van der Waals surface area contributed by atoms with Gasteiger partial charge in [-0.25, -0.2) is 13.8 Å². The highest BCUT2D eigenvalue weighted by Gasteiger charge is 2.13. The Bertz CT molecular complexity index is 525. The van der Waals surface area contributed by atoms with E-state index in [1.807, 2.05) is 6.92 Å². The summed E-state index contributed by atoms with van der Waals surface area (Å²) in [5.41, 5.74) is 0.852. The van der Waals surface area contributed by atoms with Crippen molar-refractivity contribution in [1.29, 1.82) is 0 Å². The molecule has 0 bridgehead atoms. The summed E-state index contributed by atoms with van der Waals surface area (Å²) >= 11 is 7.08. The van der Waals surface area contributed by atoms with Gasteiger partial charge in [-0.05, 0) is 19.1 Å². The van der Waals surface area contributed by atoms with Crippen molar-refractivity contribution >= 4 is 22.9 Å². The van der Waals surface area contributed by atoms with Crippen LogP contribution in [0.15, 0.2) is 18.2 Å². The maximum absolute atomic E-state index is 13.5. The van der Waals surface area contributed by atoms with E-state index in [1.165, 1.54) is 23.5 Å². The van der Waals surface area contributed by atoms with Crippen molar-refractivity contribution in [2.45, 2.75) is 12.8 Å². The first-order valence-electron chi connectivity index (χ1n) is 4.59. The number of thiazole rings is 1. The molecule has 2 rings (SSSR count). The number of hydrogen-bond acceptors (Lipinski definition) is 2. The highest BCUT2D eigenvalue weighted by molar-refractivity contribution is 7.12. The number of nitrogens with zero attached hydrogens (tertiary/aromatic N) is 1. The predicted molar refractivity (Wildman–Crippen MR) is 61.8 cm³/mol. The number of aromatic nitrogens is 1. The van der Waals surface area contributed by atoms with Crippen LogP contribution in [0.1, 0.15) is 9.88 Å². The molecule has 84 valence electrons. The molecule has 0 N–H and O–H groups in total. The van der Waals surface area contributed by atoms with Crippen molar-refractivity contribution < 1.29 is 8.78 Å². The van der Waals surface area contributed by atoms with E-state index in [-0.39, 0.29) is 0 Å². The van der Waals surface area contributed by atoms with Gasteiger partial charge in [0.2, 0.25) is 0 Å². The van der Waals surface area contributed by atoms with Gasteiger partial charge in [-0.15, -0.1) is 22.9 Å². The molecule has 2 aromatic rings. The standard InChI is InChI=1S/C11H8ClF2NS/c1-6-11(15-10(5-12)16-6)8-3-2-7(13)4-9(8)14/h2-4H,5H2,1H3. The molecular weight excluding hydrogens is 252 g/mol. The van der Waals surface area contributed by atoms with E-state index in [9.17, 15) is 8.78 Å². The average molecular weight is 260 g/mol. The summed E-state index contributed by atoms with van der Waals surface area (Å²) in [7, 11) is 0. The molecule has 16 heavy (non-hydrogen) atoms. The summed E-state index contributed by atoms with van der Waals surface area (Å²) in [4.78, 5) is 5.09. The maximum Gasteiger partial charge on any atom is 0.135 e. The molecule has 0 spiro atoms. The van der Waals surface area contributed by atoms with Gasteiger partial charge in [0.1, 0.15) is 16.6 Å². The first kappa shape index (κ1) is 11.5.